The maximum absolute atomic E-state index is 10.8. The molecule has 0 aliphatic carbocycles. The summed E-state index contributed by atoms with van der Waals surface area (Å²) in [5.41, 5.74) is 30.9. The molecule has 12 nitrogen and oxygen atoms in total. The number of rotatable bonds is 20. The van der Waals surface area contributed by atoms with E-state index in [1.54, 1.807) is 0 Å². The van der Waals surface area contributed by atoms with Crippen molar-refractivity contribution in [3.8, 4) is 119 Å². The minimum absolute atomic E-state index is 0.525. The van der Waals surface area contributed by atoms with Crippen molar-refractivity contribution in [2.24, 2.45) is 0 Å². The zero-order chi connectivity index (χ0) is 100. The van der Waals surface area contributed by atoms with E-state index in [4.69, 9.17) is 19.7 Å². The second-order valence-corrected chi connectivity index (χ2v) is 36.3. The zero-order valence-corrected chi connectivity index (χ0v) is 79.6. The molecule has 0 radical (unpaired) electrons. The van der Waals surface area contributed by atoms with Crippen LogP contribution in [0.25, 0.3) is 168 Å². The summed E-state index contributed by atoms with van der Waals surface area (Å²) in [5, 5.41) is 63.8. The lowest BCUT2D eigenvalue weighted by molar-refractivity contribution is 1.28. The fourth-order valence-electron chi connectivity index (χ4n) is 20.7. The zero-order valence-electron chi connectivity index (χ0n) is 79.6. The molecule has 0 aromatic heterocycles. The van der Waals surface area contributed by atoms with Crippen LogP contribution in [0.1, 0.15) is 27.8 Å². The van der Waals surface area contributed by atoms with Gasteiger partial charge < -0.3 is 19.6 Å². The Hall–Kier alpha value is -21.5. The molecule has 0 N–H and O–H groups in total. The van der Waals surface area contributed by atoms with Gasteiger partial charge in [-0.1, -0.05) is 309 Å². The van der Waals surface area contributed by atoms with E-state index in [9.17, 15) is 26.3 Å². The van der Waals surface area contributed by atoms with Gasteiger partial charge in [0.05, 0.1) is 99.9 Å². The Balaban J connectivity index is 0.000000163. The number of para-hydroxylation sites is 2. The van der Waals surface area contributed by atoms with Crippen molar-refractivity contribution >= 4 is 150 Å². The van der Waals surface area contributed by atoms with Crippen molar-refractivity contribution in [3.63, 3.8) is 0 Å². The quantitative estimate of drug-likeness (QED) is 0.0538. The molecule has 0 bridgehead atoms. The van der Waals surface area contributed by atoms with Gasteiger partial charge in [0.15, 0.2) is 17.1 Å². The summed E-state index contributed by atoms with van der Waals surface area (Å²) in [6.45, 7) is 23.3. The van der Waals surface area contributed by atoms with E-state index in [0.717, 1.165) is 222 Å². The Bertz CT molecular complexity index is 9140. The summed E-state index contributed by atoms with van der Waals surface area (Å²) < 4.78 is 0. The second kappa shape index (κ2) is 39.3. The summed E-state index contributed by atoms with van der Waals surface area (Å²) >= 11 is 0. The molecule has 24 rings (SSSR count). The minimum atomic E-state index is 0.525. The molecule has 0 unspecified atom stereocenters. The molecule has 24 aromatic carbocycles. The smallest absolute Gasteiger partial charge is 0.189 e. The van der Waals surface area contributed by atoms with Crippen LogP contribution in [-0.4, -0.2) is 0 Å². The predicted molar refractivity (Wildman–Crippen MR) is 605 cm³/mol. The van der Waals surface area contributed by atoms with Gasteiger partial charge in [0, 0.05) is 55.7 Å². The van der Waals surface area contributed by atoms with Crippen LogP contribution in [0.5, 0.6) is 0 Å². The van der Waals surface area contributed by atoms with Gasteiger partial charge in [-0.3, -0.25) is 0 Å². The van der Waals surface area contributed by atoms with Gasteiger partial charge in [-0.2, -0.15) is 26.3 Å². The minimum Gasteiger partial charge on any atom is -0.311 e. The Kier molecular flexibility index (Phi) is 24.0. The standard InChI is InChI=1S/2C68H40N6/c1-71-57-29-23-50(24-30-57)56-37-54(48-14-7-4-8-15-48)38-61(41-56)73(59-17-9-11-46(35-59)44-70)65-33-27-51-26-32-64-66(34-28-52-25-31-63(65)67(51)68(52)64)74(60-18-10-16-58(42-60)72-2)62-39-53(47-12-5-3-6-13-47)36-55(40-62)49-21-19-45(43-69)20-22-49;1-72-58-30-24-49(25-31-58)57-37-55(47-14-6-3-7-15-47)39-60(41-57)74(64-19-11-9-17-53(64)44-71)66-35-29-51-26-32-61-65(34-28-50-27-33-62(66)68(51)67(50)61)73(63-18-10-8-16-52(63)43-70)59-38-54(46-12-4-2-5-13-46)36-56(40-59)48-22-20-45(42-69)21-23-48/h3-42H;2-41H. The van der Waals surface area contributed by atoms with Gasteiger partial charge >= 0.3 is 0 Å². The number of anilines is 12. The first kappa shape index (κ1) is 90.3. The highest BCUT2D eigenvalue weighted by atomic mass is 15.2. The molecule has 684 valence electrons. The van der Waals surface area contributed by atoms with Crippen molar-refractivity contribution in [2.45, 2.75) is 0 Å². The van der Waals surface area contributed by atoms with E-state index in [2.05, 4.69) is 295 Å². The molecule has 148 heavy (non-hydrogen) atoms. The van der Waals surface area contributed by atoms with Crippen molar-refractivity contribution in [3.05, 3.63) is 547 Å². The summed E-state index contributed by atoms with van der Waals surface area (Å²) in [4.78, 5) is 20.1. The molecule has 0 heterocycles. The summed E-state index contributed by atoms with van der Waals surface area (Å²) in [7, 11) is 0. The van der Waals surface area contributed by atoms with Crippen molar-refractivity contribution in [1.82, 2.24) is 0 Å². The first-order valence-corrected chi connectivity index (χ1v) is 48.3. The number of hydrogen-bond donors (Lipinski definition) is 0. The van der Waals surface area contributed by atoms with Gasteiger partial charge in [-0.05, 0) is 308 Å². The maximum Gasteiger partial charge on any atom is 0.189 e. The molecule has 12 heteroatoms. The summed E-state index contributed by atoms with van der Waals surface area (Å²) in [5.74, 6) is 0. The molecule has 0 amide bonds. The van der Waals surface area contributed by atoms with Crippen LogP contribution in [-0.2, 0) is 0 Å². The Morgan fingerprint density at radius 3 is 0.716 bits per heavy atom. The summed E-state index contributed by atoms with van der Waals surface area (Å²) in [6.07, 6.45) is 0. The lowest BCUT2D eigenvalue weighted by Crippen LogP contribution is -2.13. The van der Waals surface area contributed by atoms with Crippen molar-refractivity contribution < 1.29 is 0 Å². The van der Waals surface area contributed by atoms with E-state index in [1.807, 2.05) is 255 Å². The number of benzene rings is 24. The van der Waals surface area contributed by atoms with Crippen LogP contribution in [0, 0.1) is 76.4 Å². The molecule has 0 saturated heterocycles. The first-order chi connectivity index (χ1) is 72.9. The molecule has 0 saturated carbocycles. The Morgan fingerprint density at radius 2 is 0.419 bits per heavy atom. The highest BCUT2D eigenvalue weighted by Gasteiger charge is 2.30. The number of nitrogens with zero attached hydrogens (tertiary/aromatic N) is 12. The fourth-order valence-corrected chi connectivity index (χ4v) is 20.7. The Labute approximate surface area is 856 Å². The van der Waals surface area contributed by atoms with Crippen molar-refractivity contribution in [1.29, 1.82) is 26.3 Å². The van der Waals surface area contributed by atoms with Crippen LogP contribution in [0.15, 0.2) is 485 Å². The average Bonchev–Trinajstić information content (AvgIpc) is 0.718. The molecule has 0 aliphatic heterocycles. The van der Waals surface area contributed by atoms with Gasteiger partial charge in [0.2, 0.25) is 0 Å². The predicted octanol–water partition coefficient (Wildman–Crippen LogP) is 37.4. The third-order valence-corrected chi connectivity index (χ3v) is 27.7. The Morgan fingerprint density at radius 1 is 0.162 bits per heavy atom. The van der Waals surface area contributed by atoms with Gasteiger partial charge in [0.1, 0.15) is 12.1 Å². The van der Waals surface area contributed by atoms with E-state index in [-0.39, 0.29) is 0 Å². The molecule has 24 aromatic rings. The summed E-state index contributed by atoms with van der Waals surface area (Å²) in [6, 6.07) is 176. The number of nitriles is 5. The topological polar surface area (TPSA) is 145 Å². The molecule has 0 spiro atoms. The van der Waals surface area contributed by atoms with Crippen LogP contribution in [0.2, 0.25) is 0 Å². The highest BCUT2D eigenvalue weighted by molar-refractivity contribution is 6.30. The molecule has 0 fully saturated rings. The van der Waals surface area contributed by atoms with E-state index in [0.29, 0.717) is 44.9 Å². The number of hydrogen-bond acceptors (Lipinski definition) is 9. The third kappa shape index (κ3) is 17.2. The van der Waals surface area contributed by atoms with E-state index < -0.39 is 0 Å². The van der Waals surface area contributed by atoms with Crippen LogP contribution >= 0.6 is 0 Å². The fraction of sp³-hybridized carbons (Fsp3) is 0. The normalized spacial score (nSPS) is 10.9. The monoisotopic (exact) mass is 1880 g/mol. The third-order valence-electron chi connectivity index (χ3n) is 27.7. The molecular weight excluding hydrogens is 1800 g/mol. The average molecular weight is 1880 g/mol. The maximum atomic E-state index is 10.8. The SMILES string of the molecule is [C-]#[N+]c1ccc(-c2cc(-c3ccccc3)cc(N(c3cccc(C#N)c3)c3ccc4ccc5c(N(c6cccc([N+]#[C-])c6)c6cc(-c7ccccc7)cc(-c7ccc(C#N)cc7)c6)ccc6ccc3c4c65)c2)cc1.[C-]#[N+]c1ccc(-c2cc(-c3ccccc3)cc(N(c3ccccc3C#N)c3ccc4ccc5c(N(c6cc(-c7ccccc7)cc(-c7ccc(C#N)cc7)c6)c6ccccc6C#N)ccc6ccc3c4c65)c2)cc1. The van der Waals surface area contributed by atoms with Gasteiger partial charge in [-0.15, -0.1) is 0 Å². The van der Waals surface area contributed by atoms with E-state index >= 15 is 0 Å². The van der Waals surface area contributed by atoms with Gasteiger partial charge in [0.25, 0.3) is 0 Å². The van der Waals surface area contributed by atoms with Crippen LogP contribution in [0.3, 0.4) is 0 Å². The van der Waals surface area contributed by atoms with Crippen LogP contribution < -0.4 is 19.6 Å². The largest absolute Gasteiger partial charge is 0.311 e. The van der Waals surface area contributed by atoms with Crippen LogP contribution in [0.4, 0.5) is 85.3 Å². The molecular formula is C136H80N12. The first-order valence-electron chi connectivity index (χ1n) is 48.3. The van der Waals surface area contributed by atoms with E-state index in [1.165, 1.54) is 0 Å². The lowest BCUT2D eigenvalue weighted by atomic mass is 9.91. The van der Waals surface area contributed by atoms with Gasteiger partial charge in [-0.25, -0.2) is 14.5 Å². The lowest BCUT2D eigenvalue weighted by Gasteiger charge is -2.31. The molecule has 0 atom stereocenters. The second-order valence-electron chi connectivity index (χ2n) is 36.3. The molecule has 0 aliphatic rings. The van der Waals surface area contributed by atoms with Crippen molar-refractivity contribution in [2.75, 3.05) is 19.6 Å². The highest BCUT2D eigenvalue weighted by Crippen LogP contribution is 2.55.